The van der Waals surface area contributed by atoms with Crippen LogP contribution in [0.3, 0.4) is 0 Å². The van der Waals surface area contributed by atoms with E-state index in [-0.39, 0.29) is 11.7 Å². The van der Waals surface area contributed by atoms with Gasteiger partial charge in [-0.25, -0.2) is 0 Å². The molecule has 0 bridgehead atoms. The Balaban J connectivity index is 2.21. The smallest absolute Gasteiger partial charge is 0.333 e. The average molecular weight is 265 g/mol. The van der Waals surface area contributed by atoms with Crippen molar-refractivity contribution in [3.05, 3.63) is 28.3 Å². The number of methoxy groups -OCH3 is 1. The van der Waals surface area contributed by atoms with Crippen molar-refractivity contribution in [2.75, 3.05) is 25.5 Å². The highest BCUT2D eigenvalue weighted by atomic mass is 16.6. The quantitative estimate of drug-likeness (QED) is 0.644. The Morgan fingerprint density at radius 2 is 2.26 bits per heavy atom. The van der Waals surface area contributed by atoms with Gasteiger partial charge in [0.25, 0.3) is 0 Å². The van der Waals surface area contributed by atoms with Gasteiger partial charge in [-0.15, -0.1) is 0 Å². The maximum Gasteiger partial charge on any atom is 0.333 e. The molecular formula is C13H19N3O3. The van der Waals surface area contributed by atoms with E-state index in [1.54, 1.807) is 18.2 Å². The molecule has 1 unspecified atom stereocenters. The molecule has 104 valence electrons. The van der Waals surface area contributed by atoms with Crippen molar-refractivity contribution in [3.63, 3.8) is 0 Å². The van der Waals surface area contributed by atoms with Gasteiger partial charge < -0.3 is 15.4 Å². The summed E-state index contributed by atoms with van der Waals surface area (Å²) in [5.41, 5.74) is 0.554. The summed E-state index contributed by atoms with van der Waals surface area (Å²) in [6, 6.07) is 5.38. The summed E-state index contributed by atoms with van der Waals surface area (Å²) in [7, 11) is 1.45. The van der Waals surface area contributed by atoms with E-state index < -0.39 is 4.92 Å². The number of nitrogens with zero attached hydrogens (tertiary/aromatic N) is 1. The lowest BCUT2D eigenvalue weighted by Gasteiger charge is -2.17. The number of hydrogen-bond acceptors (Lipinski definition) is 5. The normalized spacial score (nSPS) is 19.5. The lowest BCUT2D eigenvalue weighted by Crippen LogP contribution is -2.22. The minimum absolute atomic E-state index is 0.0159. The van der Waals surface area contributed by atoms with E-state index in [1.807, 2.05) is 0 Å². The highest BCUT2D eigenvalue weighted by Gasteiger charge is 2.22. The minimum Gasteiger partial charge on any atom is -0.490 e. The van der Waals surface area contributed by atoms with Crippen LogP contribution in [0.2, 0.25) is 0 Å². The Labute approximate surface area is 112 Å². The van der Waals surface area contributed by atoms with Crippen molar-refractivity contribution >= 4 is 11.4 Å². The van der Waals surface area contributed by atoms with Crippen LogP contribution in [-0.2, 0) is 0 Å². The van der Waals surface area contributed by atoms with Gasteiger partial charge in [-0.05, 0) is 44.5 Å². The zero-order valence-corrected chi connectivity index (χ0v) is 11.0. The minimum atomic E-state index is -0.393. The van der Waals surface area contributed by atoms with Gasteiger partial charge in [0.05, 0.1) is 12.0 Å². The van der Waals surface area contributed by atoms with E-state index in [9.17, 15) is 10.1 Å². The van der Waals surface area contributed by atoms with Gasteiger partial charge in [0.1, 0.15) is 5.69 Å². The first-order chi connectivity index (χ1) is 9.22. The molecule has 1 heterocycles. The van der Waals surface area contributed by atoms with Crippen molar-refractivity contribution in [1.82, 2.24) is 5.32 Å². The predicted molar refractivity (Wildman–Crippen MR) is 73.8 cm³/mol. The van der Waals surface area contributed by atoms with Crippen molar-refractivity contribution in [3.8, 4) is 5.75 Å². The number of hydrogen-bond donors (Lipinski definition) is 2. The third-order valence-corrected chi connectivity index (χ3v) is 3.34. The van der Waals surface area contributed by atoms with Crippen molar-refractivity contribution in [2.24, 2.45) is 0 Å². The number of nitrogens with one attached hydrogen (secondary N) is 2. The summed E-state index contributed by atoms with van der Waals surface area (Å²) in [6.07, 6.45) is 3.06. The number of anilines is 1. The number of ether oxygens (including phenoxy) is 1. The first-order valence-corrected chi connectivity index (χ1v) is 6.51. The van der Waals surface area contributed by atoms with Crippen LogP contribution in [0.4, 0.5) is 11.4 Å². The standard InChI is InChI=1S/C13H19N3O3/c1-19-12-6-2-5-11(13(12)16(17)18)15-10-4-3-8-14-9-7-10/h2,5-6,10,14-15H,3-4,7-9H2,1H3. The van der Waals surface area contributed by atoms with Crippen LogP contribution in [0.15, 0.2) is 18.2 Å². The molecule has 1 aliphatic rings. The van der Waals surface area contributed by atoms with E-state index in [0.717, 1.165) is 32.4 Å². The van der Waals surface area contributed by atoms with Gasteiger partial charge in [-0.3, -0.25) is 10.1 Å². The number of rotatable bonds is 4. The molecule has 1 aliphatic heterocycles. The molecule has 0 saturated carbocycles. The number of nitro groups is 1. The maximum absolute atomic E-state index is 11.2. The van der Waals surface area contributed by atoms with Gasteiger partial charge in [-0.1, -0.05) is 6.07 Å². The SMILES string of the molecule is COc1cccc(NC2CCCNCC2)c1[N+](=O)[O-]. The lowest BCUT2D eigenvalue weighted by molar-refractivity contribution is -0.384. The van der Waals surface area contributed by atoms with Crippen LogP contribution in [0.5, 0.6) is 5.75 Å². The van der Waals surface area contributed by atoms with Crippen molar-refractivity contribution < 1.29 is 9.66 Å². The second-order valence-corrected chi connectivity index (χ2v) is 4.64. The van der Waals surface area contributed by atoms with E-state index >= 15 is 0 Å². The fourth-order valence-electron chi connectivity index (χ4n) is 2.38. The first-order valence-electron chi connectivity index (χ1n) is 6.51. The summed E-state index contributed by atoms with van der Waals surface area (Å²) in [6.45, 7) is 1.95. The number of para-hydroxylation sites is 1. The van der Waals surface area contributed by atoms with Crippen LogP contribution >= 0.6 is 0 Å². The maximum atomic E-state index is 11.2. The second-order valence-electron chi connectivity index (χ2n) is 4.64. The Hall–Kier alpha value is -1.82. The van der Waals surface area contributed by atoms with E-state index in [1.165, 1.54) is 7.11 Å². The number of nitro benzene ring substituents is 1. The van der Waals surface area contributed by atoms with Crippen LogP contribution in [-0.4, -0.2) is 31.2 Å². The summed E-state index contributed by atoms with van der Waals surface area (Å²) in [4.78, 5) is 10.8. The molecule has 0 spiro atoms. The number of benzene rings is 1. The van der Waals surface area contributed by atoms with Crippen LogP contribution in [0.1, 0.15) is 19.3 Å². The predicted octanol–water partition coefficient (Wildman–Crippen LogP) is 2.16. The van der Waals surface area contributed by atoms with Crippen LogP contribution < -0.4 is 15.4 Å². The summed E-state index contributed by atoms with van der Waals surface area (Å²) < 4.78 is 5.07. The fraction of sp³-hybridized carbons (Fsp3) is 0.538. The van der Waals surface area contributed by atoms with E-state index in [2.05, 4.69) is 10.6 Å². The molecule has 0 aromatic heterocycles. The monoisotopic (exact) mass is 265 g/mol. The van der Waals surface area contributed by atoms with E-state index in [4.69, 9.17) is 4.74 Å². The molecule has 0 amide bonds. The lowest BCUT2D eigenvalue weighted by atomic mass is 10.1. The largest absolute Gasteiger partial charge is 0.490 e. The van der Waals surface area contributed by atoms with Crippen LogP contribution in [0, 0.1) is 10.1 Å². The first kappa shape index (κ1) is 13.6. The molecule has 19 heavy (non-hydrogen) atoms. The summed E-state index contributed by atoms with van der Waals surface area (Å²) in [5.74, 6) is 0.293. The summed E-state index contributed by atoms with van der Waals surface area (Å²) >= 11 is 0. The molecule has 1 atom stereocenters. The van der Waals surface area contributed by atoms with Gasteiger partial charge in [0, 0.05) is 6.04 Å². The Bertz CT molecular complexity index is 443. The molecule has 1 aromatic rings. The van der Waals surface area contributed by atoms with Gasteiger partial charge in [-0.2, -0.15) is 0 Å². The van der Waals surface area contributed by atoms with Crippen molar-refractivity contribution in [2.45, 2.75) is 25.3 Å². The molecular weight excluding hydrogens is 246 g/mol. The van der Waals surface area contributed by atoms with Gasteiger partial charge in [0.2, 0.25) is 0 Å². The highest BCUT2D eigenvalue weighted by Crippen LogP contribution is 2.35. The topological polar surface area (TPSA) is 76.4 Å². The zero-order chi connectivity index (χ0) is 13.7. The Kier molecular flexibility index (Phi) is 4.57. The molecule has 0 radical (unpaired) electrons. The van der Waals surface area contributed by atoms with Crippen LogP contribution in [0.25, 0.3) is 0 Å². The summed E-state index contributed by atoms with van der Waals surface area (Å²) in [5, 5.41) is 17.8. The molecule has 2 rings (SSSR count). The second kappa shape index (κ2) is 6.38. The van der Waals surface area contributed by atoms with Gasteiger partial charge in [0.15, 0.2) is 5.75 Å². The molecule has 0 aliphatic carbocycles. The zero-order valence-electron chi connectivity index (χ0n) is 11.0. The van der Waals surface area contributed by atoms with Crippen molar-refractivity contribution in [1.29, 1.82) is 0 Å². The Morgan fingerprint density at radius 3 is 3.00 bits per heavy atom. The fourth-order valence-corrected chi connectivity index (χ4v) is 2.38. The van der Waals surface area contributed by atoms with Gasteiger partial charge >= 0.3 is 5.69 Å². The average Bonchev–Trinajstić information content (AvgIpc) is 2.66. The molecule has 6 nitrogen and oxygen atoms in total. The third kappa shape index (κ3) is 3.35. The van der Waals surface area contributed by atoms with E-state index in [0.29, 0.717) is 11.4 Å². The highest BCUT2D eigenvalue weighted by molar-refractivity contribution is 5.68. The molecule has 1 aromatic carbocycles. The molecule has 2 N–H and O–H groups in total. The molecule has 1 saturated heterocycles. The molecule has 6 heteroatoms. The molecule has 1 fully saturated rings. The third-order valence-electron chi connectivity index (χ3n) is 3.34. The Morgan fingerprint density at radius 1 is 1.42 bits per heavy atom.